The first kappa shape index (κ1) is 36.0. The van der Waals surface area contributed by atoms with Gasteiger partial charge in [0.2, 0.25) is 11.8 Å². The number of nitrogens with one attached hydrogen (secondary N) is 3. The fraction of sp³-hybridized carbons (Fsp3) is 0.425. The number of para-hydroxylation sites is 1. The van der Waals surface area contributed by atoms with E-state index in [9.17, 15) is 19.5 Å². The number of methoxy groups -OCH3 is 1. The Balaban J connectivity index is 1.10. The van der Waals surface area contributed by atoms with Gasteiger partial charge in [-0.1, -0.05) is 37.3 Å². The third-order valence-electron chi connectivity index (χ3n) is 10.4. The summed E-state index contributed by atoms with van der Waals surface area (Å²) in [5.41, 5.74) is 6.85. The van der Waals surface area contributed by atoms with Gasteiger partial charge >= 0.3 is 6.09 Å². The fourth-order valence-electron chi connectivity index (χ4n) is 7.76. The molecule has 4 heterocycles. The lowest BCUT2D eigenvalue weighted by Gasteiger charge is -2.29. The second-order valence-corrected chi connectivity index (χ2v) is 14.2. The zero-order chi connectivity index (χ0) is 37.1. The zero-order valence-electron chi connectivity index (χ0n) is 30.5. The number of nitrogens with zero attached hydrogens (tertiary/aromatic N) is 5. The minimum absolute atomic E-state index is 0.00871. The van der Waals surface area contributed by atoms with Crippen molar-refractivity contribution >= 4 is 45.7 Å². The number of benzene rings is 3. The molecular weight excluding hydrogens is 672 g/mol. The van der Waals surface area contributed by atoms with Crippen LogP contribution in [0.2, 0.25) is 0 Å². The van der Waals surface area contributed by atoms with E-state index >= 15 is 0 Å². The molecule has 0 aliphatic carbocycles. The van der Waals surface area contributed by atoms with Gasteiger partial charge in [0.1, 0.15) is 17.7 Å². The molecule has 0 spiro atoms. The highest BCUT2D eigenvalue weighted by Gasteiger charge is 2.38. The number of imidazole rings is 2. The maximum absolute atomic E-state index is 13.5. The molecule has 53 heavy (non-hydrogen) atoms. The van der Waals surface area contributed by atoms with Gasteiger partial charge in [0.15, 0.2) is 0 Å². The molecule has 4 atom stereocenters. The van der Waals surface area contributed by atoms with Crippen LogP contribution in [0.4, 0.5) is 10.5 Å². The number of rotatable bonds is 12. The molecule has 0 bridgehead atoms. The average molecular weight is 721 g/mol. The number of carbonyl (C=O) groups excluding carboxylic acids is 3. The average Bonchev–Trinajstić information content (AvgIpc) is 3.98. The Kier molecular flexibility index (Phi) is 10.6. The van der Waals surface area contributed by atoms with E-state index in [1.54, 1.807) is 4.90 Å². The Morgan fingerprint density at radius 2 is 1.45 bits per heavy atom. The molecule has 2 aliphatic rings. The lowest BCUT2D eigenvalue weighted by molar-refractivity contribution is -0.137. The molecule has 7 rings (SSSR count). The Hall–Kier alpha value is -5.43. The minimum atomic E-state index is -1.13. The van der Waals surface area contributed by atoms with Gasteiger partial charge in [-0.3, -0.25) is 9.59 Å². The SMILES string of the molecule is CCCC(=O)N1CCC[C@H]1c1nc2ccc(CN(Cc3ccc4nc(C5CCCN5C(=O)C(NC(=O)OC)C(C)O)[nH]c4c3)c3ccccc3)cc2[nH]1. The Morgan fingerprint density at radius 1 is 0.887 bits per heavy atom. The number of aliphatic hydroxyl groups is 1. The highest BCUT2D eigenvalue weighted by Crippen LogP contribution is 2.34. The van der Waals surface area contributed by atoms with Gasteiger partial charge in [-0.05, 0) is 86.6 Å². The molecule has 2 aromatic heterocycles. The summed E-state index contributed by atoms with van der Waals surface area (Å²) in [7, 11) is 1.22. The number of ether oxygens (including phenoxy) is 1. The second kappa shape index (κ2) is 15.7. The van der Waals surface area contributed by atoms with E-state index in [0.29, 0.717) is 38.3 Å². The van der Waals surface area contributed by atoms with Crippen LogP contribution in [0.5, 0.6) is 0 Å². The summed E-state index contributed by atoms with van der Waals surface area (Å²) in [4.78, 5) is 61.0. The summed E-state index contributed by atoms with van der Waals surface area (Å²) in [6.45, 7) is 6.08. The van der Waals surface area contributed by atoms with Crippen LogP contribution in [0.3, 0.4) is 0 Å². The Morgan fingerprint density at radius 3 is 2.00 bits per heavy atom. The van der Waals surface area contributed by atoms with Crippen LogP contribution in [0.25, 0.3) is 22.1 Å². The number of likely N-dealkylation sites (tertiary alicyclic amines) is 2. The molecule has 2 aliphatic heterocycles. The number of amides is 3. The molecule has 3 amide bonds. The number of hydrogen-bond acceptors (Lipinski definition) is 8. The van der Waals surface area contributed by atoms with Crippen LogP contribution >= 0.6 is 0 Å². The van der Waals surface area contributed by atoms with Crippen molar-refractivity contribution in [1.82, 2.24) is 35.1 Å². The maximum atomic E-state index is 13.5. The lowest BCUT2D eigenvalue weighted by atomic mass is 10.1. The van der Waals surface area contributed by atoms with Crippen LogP contribution in [-0.4, -0.2) is 85.1 Å². The van der Waals surface area contributed by atoms with Gasteiger partial charge < -0.3 is 39.8 Å². The molecule has 13 heteroatoms. The summed E-state index contributed by atoms with van der Waals surface area (Å²) >= 11 is 0. The van der Waals surface area contributed by atoms with E-state index in [1.807, 2.05) is 36.1 Å². The number of hydrogen-bond donors (Lipinski definition) is 4. The number of carbonyl (C=O) groups is 3. The molecule has 0 radical (unpaired) electrons. The smallest absolute Gasteiger partial charge is 0.407 e. The molecule has 3 aromatic carbocycles. The number of fused-ring (bicyclic) bond motifs is 2. The van der Waals surface area contributed by atoms with Crippen LogP contribution in [0.15, 0.2) is 66.7 Å². The molecule has 13 nitrogen and oxygen atoms in total. The number of aliphatic hydroxyl groups excluding tert-OH is 1. The lowest BCUT2D eigenvalue weighted by Crippen LogP contribution is -2.53. The van der Waals surface area contributed by atoms with E-state index in [-0.39, 0.29) is 23.9 Å². The van der Waals surface area contributed by atoms with Crippen molar-refractivity contribution in [2.24, 2.45) is 0 Å². The van der Waals surface area contributed by atoms with Gasteiger partial charge in [-0.15, -0.1) is 0 Å². The zero-order valence-corrected chi connectivity index (χ0v) is 30.5. The third kappa shape index (κ3) is 7.71. The molecule has 3 unspecified atom stereocenters. The van der Waals surface area contributed by atoms with Crippen LogP contribution in [-0.2, 0) is 27.4 Å². The van der Waals surface area contributed by atoms with Gasteiger partial charge in [-0.2, -0.15) is 0 Å². The fourth-order valence-corrected chi connectivity index (χ4v) is 7.76. The molecule has 0 saturated carbocycles. The van der Waals surface area contributed by atoms with Crippen molar-refractivity contribution in [1.29, 1.82) is 0 Å². The topological polar surface area (TPSA) is 160 Å². The van der Waals surface area contributed by atoms with Gasteiger partial charge in [0, 0.05) is 38.3 Å². The summed E-state index contributed by atoms with van der Waals surface area (Å²) in [5.74, 6) is 1.36. The van der Waals surface area contributed by atoms with Crippen molar-refractivity contribution in [2.45, 2.75) is 89.7 Å². The minimum Gasteiger partial charge on any atom is -0.453 e. The van der Waals surface area contributed by atoms with Gasteiger partial charge in [0.25, 0.3) is 0 Å². The Bertz CT molecular complexity index is 2080. The molecule has 278 valence electrons. The van der Waals surface area contributed by atoms with Crippen molar-refractivity contribution in [3.8, 4) is 0 Å². The first-order chi connectivity index (χ1) is 25.7. The normalized spacial score (nSPS) is 18.4. The van der Waals surface area contributed by atoms with Crippen LogP contribution in [0.1, 0.15) is 87.2 Å². The number of aromatic amines is 2. The van der Waals surface area contributed by atoms with E-state index in [2.05, 4.69) is 67.4 Å². The van der Waals surface area contributed by atoms with Gasteiger partial charge in [0.05, 0.1) is 47.4 Å². The summed E-state index contributed by atoms with van der Waals surface area (Å²) in [6.07, 6.45) is 2.92. The first-order valence-electron chi connectivity index (χ1n) is 18.6. The predicted molar refractivity (Wildman–Crippen MR) is 202 cm³/mol. The van der Waals surface area contributed by atoms with E-state index in [0.717, 1.165) is 76.9 Å². The second-order valence-electron chi connectivity index (χ2n) is 14.2. The van der Waals surface area contributed by atoms with Crippen molar-refractivity contribution in [2.75, 3.05) is 25.1 Å². The van der Waals surface area contributed by atoms with E-state index in [4.69, 9.17) is 9.97 Å². The van der Waals surface area contributed by atoms with Crippen molar-refractivity contribution in [3.63, 3.8) is 0 Å². The standard InChI is InChI=1S/C40H48N8O5/c1-4-10-35(50)47-19-8-13-33(47)37-41-29-17-15-26(21-31(29)43-37)23-46(28-11-6-5-7-12-28)24-27-16-18-30-32(22-27)44-38(42-30)34-14-9-20-48(34)39(51)36(25(2)49)45-40(52)53-3/h5-7,11-12,15-18,21-22,25,33-34,36,49H,4,8-10,13-14,19-20,23-24H2,1-3H3,(H,41,43)(H,42,44)(H,45,52)/t25?,33-,34?,36?/m0/s1. The summed E-state index contributed by atoms with van der Waals surface area (Å²) < 4.78 is 4.68. The highest BCUT2D eigenvalue weighted by molar-refractivity contribution is 5.87. The maximum Gasteiger partial charge on any atom is 0.407 e. The monoisotopic (exact) mass is 720 g/mol. The quantitative estimate of drug-likeness (QED) is 0.124. The number of alkyl carbamates (subject to hydrolysis) is 1. The first-order valence-corrected chi connectivity index (χ1v) is 18.6. The van der Waals surface area contributed by atoms with Crippen molar-refractivity contribution in [3.05, 3.63) is 89.5 Å². The summed E-state index contributed by atoms with van der Waals surface area (Å²) in [5, 5.41) is 12.8. The van der Waals surface area contributed by atoms with Gasteiger partial charge in [-0.25, -0.2) is 14.8 Å². The summed E-state index contributed by atoms with van der Waals surface area (Å²) in [6, 6.07) is 21.4. The van der Waals surface area contributed by atoms with Crippen molar-refractivity contribution < 1.29 is 24.2 Å². The third-order valence-corrected chi connectivity index (χ3v) is 10.4. The molecule has 2 saturated heterocycles. The molecule has 4 N–H and O–H groups in total. The molecular formula is C40H48N8O5. The van der Waals surface area contributed by atoms with E-state index in [1.165, 1.54) is 14.0 Å². The van der Waals surface area contributed by atoms with Crippen LogP contribution in [0, 0.1) is 0 Å². The van der Waals surface area contributed by atoms with Crippen LogP contribution < -0.4 is 10.2 Å². The van der Waals surface area contributed by atoms with E-state index < -0.39 is 18.2 Å². The largest absolute Gasteiger partial charge is 0.453 e. The molecule has 5 aromatic rings. The Labute approximate surface area is 308 Å². The predicted octanol–water partition coefficient (Wildman–Crippen LogP) is 5.88. The number of H-pyrrole nitrogens is 2. The number of aromatic nitrogens is 4. The number of anilines is 1. The highest BCUT2D eigenvalue weighted by atomic mass is 16.5. The molecule has 2 fully saturated rings.